The zero-order valence-corrected chi connectivity index (χ0v) is 21.6. The molecule has 3 heterocycles. The number of nitrogens with one attached hydrogen (secondary N) is 1. The third kappa shape index (κ3) is 5.44. The topological polar surface area (TPSA) is 163 Å². The summed E-state index contributed by atoms with van der Waals surface area (Å²) >= 11 is 0. The molecule has 12 nitrogen and oxygen atoms in total. The number of hydrogen-bond donors (Lipinski definition) is 4. The molecule has 0 radical (unpaired) electrons. The van der Waals surface area contributed by atoms with Crippen molar-refractivity contribution in [2.45, 2.75) is 24.9 Å². The van der Waals surface area contributed by atoms with Crippen LogP contribution in [-0.2, 0) is 11.2 Å². The van der Waals surface area contributed by atoms with Crippen LogP contribution in [0.5, 0.6) is 0 Å². The quantitative estimate of drug-likeness (QED) is 0.360. The highest BCUT2D eigenvalue weighted by Gasteiger charge is 2.53. The fraction of sp³-hybridized carbons (Fsp3) is 0.538. The molecule has 3 amide bonds. The fourth-order valence-corrected chi connectivity index (χ4v) is 5.39. The van der Waals surface area contributed by atoms with Crippen LogP contribution in [0.3, 0.4) is 0 Å². The first-order valence-corrected chi connectivity index (χ1v) is 13.1. The second-order valence-electron chi connectivity index (χ2n) is 10.8. The number of likely N-dealkylation sites (tertiary alicyclic amines) is 1. The molecular formula is C26H36N8O4. The minimum Gasteiger partial charge on any atom is -0.394 e. The summed E-state index contributed by atoms with van der Waals surface area (Å²) in [7, 11) is 0. The lowest BCUT2D eigenvalue weighted by Crippen LogP contribution is -2.60. The Labute approximate surface area is 221 Å². The van der Waals surface area contributed by atoms with Gasteiger partial charge in [0.1, 0.15) is 11.4 Å². The Bertz CT molecular complexity index is 1240. The molecule has 12 heteroatoms. The maximum Gasteiger partial charge on any atom is 0.354 e. The van der Waals surface area contributed by atoms with Gasteiger partial charge in [-0.15, -0.1) is 0 Å². The van der Waals surface area contributed by atoms with Crippen LogP contribution in [0.25, 0.3) is 5.69 Å². The number of piperazine rings is 1. The first kappa shape index (κ1) is 26.3. The molecule has 6 N–H and O–H groups in total. The van der Waals surface area contributed by atoms with E-state index in [2.05, 4.69) is 21.3 Å². The van der Waals surface area contributed by atoms with Gasteiger partial charge in [0, 0.05) is 58.1 Å². The van der Waals surface area contributed by atoms with Crippen molar-refractivity contribution in [3.63, 3.8) is 0 Å². The summed E-state index contributed by atoms with van der Waals surface area (Å²) < 4.78 is 1.46. The van der Waals surface area contributed by atoms with Gasteiger partial charge in [0.25, 0.3) is 0 Å². The lowest BCUT2D eigenvalue weighted by Gasteiger charge is -2.37. The molecule has 1 aliphatic carbocycles. The molecule has 4 atom stereocenters. The number of urea groups is 1. The van der Waals surface area contributed by atoms with Crippen molar-refractivity contribution >= 4 is 17.8 Å². The van der Waals surface area contributed by atoms with Crippen molar-refractivity contribution in [1.29, 1.82) is 0 Å². The van der Waals surface area contributed by atoms with Crippen LogP contribution in [0, 0.1) is 11.8 Å². The van der Waals surface area contributed by atoms with Crippen molar-refractivity contribution in [3.05, 3.63) is 52.6 Å². The van der Waals surface area contributed by atoms with Crippen LogP contribution < -0.4 is 22.5 Å². The molecule has 3 fully saturated rings. The number of carbonyl (C=O) groups excluding carboxylic acids is 2. The number of aliphatic hydroxyl groups excluding tert-OH is 1. The van der Waals surface area contributed by atoms with Gasteiger partial charge in [-0.2, -0.15) is 4.98 Å². The van der Waals surface area contributed by atoms with Gasteiger partial charge in [-0.25, -0.2) is 9.59 Å². The van der Waals surface area contributed by atoms with Gasteiger partial charge in [-0.3, -0.25) is 14.7 Å². The summed E-state index contributed by atoms with van der Waals surface area (Å²) in [5, 5.41) is 12.0. The average molecular weight is 525 g/mol. The van der Waals surface area contributed by atoms with Gasteiger partial charge in [0.2, 0.25) is 5.91 Å². The molecule has 2 saturated heterocycles. The Morgan fingerprint density at radius 2 is 1.82 bits per heavy atom. The number of benzene rings is 1. The minimum absolute atomic E-state index is 0.159. The molecule has 5 rings (SSSR count). The summed E-state index contributed by atoms with van der Waals surface area (Å²) in [6.45, 7) is 5.35. The highest BCUT2D eigenvalue weighted by Crippen LogP contribution is 2.43. The zero-order valence-electron chi connectivity index (χ0n) is 21.6. The van der Waals surface area contributed by atoms with Crippen LogP contribution in [0.4, 0.5) is 10.6 Å². The molecule has 3 aliphatic rings. The Balaban J connectivity index is 1.15. The van der Waals surface area contributed by atoms with E-state index < -0.39 is 23.9 Å². The number of piperidine rings is 1. The van der Waals surface area contributed by atoms with Gasteiger partial charge in [-0.05, 0) is 48.9 Å². The maximum absolute atomic E-state index is 12.8. The third-order valence-electron chi connectivity index (χ3n) is 7.95. The molecule has 2 aromatic rings. The van der Waals surface area contributed by atoms with E-state index in [9.17, 15) is 19.5 Å². The molecule has 2 aliphatic heterocycles. The lowest BCUT2D eigenvalue weighted by atomic mass is 10.0. The van der Waals surface area contributed by atoms with E-state index in [1.807, 2.05) is 18.2 Å². The largest absolute Gasteiger partial charge is 0.394 e. The number of carbonyl (C=O) groups is 2. The molecule has 38 heavy (non-hydrogen) atoms. The highest BCUT2D eigenvalue weighted by atomic mass is 16.3. The van der Waals surface area contributed by atoms with Crippen molar-refractivity contribution < 1.29 is 14.7 Å². The number of amides is 3. The SMILES string of the molecule is C[C@](N)(CO)C(=O)N1CCN(C(=O)Nc2ccn(-c3cccc(CCN4CC5C(N)[C@@H]5C4)c3)c(=O)n2)CC1. The van der Waals surface area contributed by atoms with Gasteiger partial charge in [0.05, 0.1) is 12.3 Å². The Kier molecular flexibility index (Phi) is 7.23. The van der Waals surface area contributed by atoms with E-state index in [1.54, 1.807) is 17.2 Å². The molecule has 204 valence electrons. The smallest absolute Gasteiger partial charge is 0.354 e. The second kappa shape index (κ2) is 10.4. The number of nitrogens with zero attached hydrogens (tertiary/aromatic N) is 5. The normalized spacial score (nSPS) is 24.6. The standard InChI is InChI=1S/C26H36N8O4/c1-26(28,16-35)23(36)32-9-11-33(12-10-32)24(37)29-21-6-8-34(25(38)30-21)18-4-2-3-17(13-18)5-7-31-14-19-20(15-31)22(19)27/h2-4,6,8,13,19-20,22,35H,5,7,9-12,14-16,27-28H2,1H3,(H,29,30,37,38)/t19-,20?,22?,26+/m1/s1. The van der Waals surface area contributed by atoms with E-state index in [1.165, 1.54) is 16.4 Å². The van der Waals surface area contributed by atoms with Crippen molar-refractivity contribution in [2.75, 3.05) is 57.7 Å². The Hall–Kier alpha value is -3.32. The number of hydrogen-bond acceptors (Lipinski definition) is 8. The summed E-state index contributed by atoms with van der Waals surface area (Å²) in [6, 6.07) is 9.43. The van der Waals surface area contributed by atoms with Gasteiger partial charge >= 0.3 is 11.7 Å². The highest BCUT2D eigenvalue weighted by molar-refractivity contribution is 5.89. The first-order chi connectivity index (χ1) is 18.2. The van der Waals surface area contributed by atoms with Crippen LogP contribution in [0.1, 0.15) is 12.5 Å². The average Bonchev–Trinajstić information content (AvgIpc) is 3.30. The Morgan fingerprint density at radius 3 is 2.47 bits per heavy atom. The van der Waals surface area contributed by atoms with Crippen LogP contribution >= 0.6 is 0 Å². The summed E-state index contributed by atoms with van der Waals surface area (Å²) in [4.78, 5) is 47.5. The van der Waals surface area contributed by atoms with E-state index in [0.29, 0.717) is 44.1 Å². The monoisotopic (exact) mass is 524 g/mol. The summed E-state index contributed by atoms with van der Waals surface area (Å²) in [6.07, 6.45) is 2.50. The molecule has 2 unspecified atom stereocenters. The van der Waals surface area contributed by atoms with E-state index in [0.717, 1.165) is 37.3 Å². The minimum atomic E-state index is -1.35. The van der Waals surface area contributed by atoms with Crippen LogP contribution in [-0.4, -0.2) is 105 Å². The van der Waals surface area contributed by atoms with Gasteiger partial charge in [0.15, 0.2) is 0 Å². The molecule has 0 spiro atoms. The molecule has 1 aromatic carbocycles. The summed E-state index contributed by atoms with van der Waals surface area (Å²) in [5.74, 6) is 1.13. The number of anilines is 1. The fourth-order valence-electron chi connectivity index (χ4n) is 5.39. The van der Waals surface area contributed by atoms with Crippen molar-refractivity contribution in [2.24, 2.45) is 23.3 Å². The predicted octanol–water partition coefficient (Wildman–Crippen LogP) is -0.950. The van der Waals surface area contributed by atoms with Crippen LogP contribution in [0.2, 0.25) is 0 Å². The second-order valence-corrected chi connectivity index (χ2v) is 10.8. The molecule has 0 bridgehead atoms. The number of rotatable bonds is 7. The lowest BCUT2D eigenvalue weighted by molar-refractivity contribution is -0.139. The van der Waals surface area contributed by atoms with E-state index in [-0.39, 0.29) is 11.7 Å². The van der Waals surface area contributed by atoms with E-state index in [4.69, 9.17) is 11.5 Å². The van der Waals surface area contributed by atoms with Gasteiger partial charge < -0.3 is 31.3 Å². The van der Waals surface area contributed by atoms with Crippen molar-refractivity contribution in [3.8, 4) is 5.69 Å². The molecular weight excluding hydrogens is 488 g/mol. The molecule has 1 aromatic heterocycles. The zero-order chi connectivity index (χ0) is 27.0. The van der Waals surface area contributed by atoms with E-state index >= 15 is 0 Å². The van der Waals surface area contributed by atoms with Gasteiger partial charge in [-0.1, -0.05) is 12.1 Å². The number of nitrogens with two attached hydrogens (primary N) is 2. The number of aliphatic hydroxyl groups is 1. The maximum atomic E-state index is 12.8. The third-order valence-corrected chi connectivity index (χ3v) is 7.95. The number of aromatic nitrogens is 2. The Morgan fingerprint density at radius 1 is 1.13 bits per heavy atom. The predicted molar refractivity (Wildman–Crippen MR) is 142 cm³/mol. The molecule has 1 saturated carbocycles. The van der Waals surface area contributed by atoms with Crippen molar-refractivity contribution in [1.82, 2.24) is 24.3 Å². The summed E-state index contributed by atoms with van der Waals surface area (Å²) in [5.41, 5.74) is 11.9. The van der Waals surface area contributed by atoms with Crippen LogP contribution in [0.15, 0.2) is 41.3 Å². The number of fused-ring (bicyclic) bond motifs is 1. The first-order valence-electron chi connectivity index (χ1n) is 13.1.